The highest BCUT2D eigenvalue weighted by atomic mass is 79.9. The van der Waals surface area contributed by atoms with Gasteiger partial charge in [-0.05, 0) is 30.4 Å². The van der Waals surface area contributed by atoms with Gasteiger partial charge in [-0.1, -0.05) is 35.0 Å². The van der Waals surface area contributed by atoms with Gasteiger partial charge in [0.15, 0.2) is 5.82 Å². The summed E-state index contributed by atoms with van der Waals surface area (Å²) in [6.45, 7) is 3.91. The number of nitrogen functional groups attached to an aromatic ring is 1. The van der Waals surface area contributed by atoms with Crippen molar-refractivity contribution in [1.29, 1.82) is 0 Å². The number of nitrogens with one attached hydrogen (secondary N) is 1. The van der Waals surface area contributed by atoms with Crippen molar-refractivity contribution in [3.63, 3.8) is 0 Å². The molecule has 3 N–H and O–H groups in total. The Morgan fingerprint density at radius 1 is 1.36 bits per heavy atom. The van der Waals surface area contributed by atoms with Gasteiger partial charge in [0.05, 0.1) is 24.5 Å². The van der Waals surface area contributed by atoms with Gasteiger partial charge in [-0.25, -0.2) is 15.4 Å². The van der Waals surface area contributed by atoms with Gasteiger partial charge in [-0.3, -0.25) is 0 Å². The average molecular weight is 406 g/mol. The van der Waals surface area contributed by atoms with Crippen LogP contribution in [-0.4, -0.2) is 33.5 Å². The fourth-order valence-electron chi connectivity index (χ4n) is 3.02. The van der Waals surface area contributed by atoms with Crippen LogP contribution in [0.25, 0.3) is 21.9 Å². The van der Waals surface area contributed by atoms with Crippen molar-refractivity contribution in [3.05, 3.63) is 30.1 Å². The van der Waals surface area contributed by atoms with E-state index in [-0.39, 0.29) is 0 Å². The normalized spacial score (nSPS) is 12.9. The molecule has 0 saturated heterocycles. The minimum atomic E-state index is 0.432. The second kappa shape index (κ2) is 8.12. The number of rotatable bonds is 8. The van der Waals surface area contributed by atoms with Crippen LogP contribution in [0.2, 0.25) is 0 Å². The van der Waals surface area contributed by atoms with E-state index < -0.39 is 0 Å². The molecule has 0 aliphatic rings. The molecule has 3 rings (SSSR count). The van der Waals surface area contributed by atoms with E-state index in [0.717, 1.165) is 53.2 Å². The zero-order valence-electron chi connectivity index (χ0n) is 14.6. The number of pyridine rings is 1. The lowest BCUT2D eigenvalue weighted by Gasteiger charge is -2.11. The SMILES string of the molecule is CONCCCCn1cnc2c(N)nc3cc(C(C)CBr)ccc3c21. The number of fused-ring (bicyclic) bond motifs is 3. The summed E-state index contributed by atoms with van der Waals surface area (Å²) < 4.78 is 2.18. The maximum Gasteiger partial charge on any atom is 0.152 e. The third-order valence-electron chi connectivity index (χ3n) is 4.47. The molecule has 0 saturated carbocycles. The summed E-state index contributed by atoms with van der Waals surface area (Å²) in [6, 6.07) is 6.45. The fraction of sp³-hybridized carbons (Fsp3) is 0.444. The Bertz CT molecular complexity index is 863. The molecule has 134 valence electrons. The van der Waals surface area contributed by atoms with Crippen LogP contribution in [0.1, 0.15) is 31.2 Å². The van der Waals surface area contributed by atoms with Crippen molar-refractivity contribution in [2.75, 3.05) is 24.7 Å². The van der Waals surface area contributed by atoms with Crippen LogP contribution in [0, 0.1) is 0 Å². The molecule has 25 heavy (non-hydrogen) atoms. The van der Waals surface area contributed by atoms with E-state index in [1.54, 1.807) is 7.11 Å². The zero-order chi connectivity index (χ0) is 17.8. The first-order valence-corrected chi connectivity index (χ1v) is 9.63. The number of anilines is 1. The van der Waals surface area contributed by atoms with E-state index in [4.69, 9.17) is 10.6 Å². The van der Waals surface area contributed by atoms with E-state index >= 15 is 0 Å². The largest absolute Gasteiger partial charge is 0.382 e. The number of alkyl halides is 1. The second-order valence-electron chi connectivity index (χ2n) is 6.27. The van der Waals surface area contributed by atoms with E-state index in [2.05, 4.69) is 61.1 Å². The van der Waals surface area contributed by atoms with Gasteiger partial charge in [0.1, 0.15) is 5.52 Å². The van der Waals surface area contributed by atoms with Crippen LogP contribution < -0.4 is 11.2 Å². The third-order valence-corrected chi connectivity index (χ3v) is 5.44. The van der Waals surface area contributed by atoms with Crippen molar-refractivity contribution in [2.24, 2.45) is 0 Å². The third kappa shape index (κ3) is 3.78. The molecular formula is C18H24BrN5O. The number of nitrogens with two attached hydrogens (primary N) is 1. The summed E-state index contributed by atoms with van der Waals surface area (Å²) in [7, 11) is 1.63. The van der Waals surface area contributed by atoms with Crippen LogP contribution in [-0.2, 0) is 11.4 Å². The Hall–Kier alpha value is -1.70. The van der Waals surface area contributed by atoms with Gasteiger partial charge in [0.25, 0.3) is 0 Å². The number of imidazole rings is 1. The van der Waals surface area contributed by atoms with Gasteiger partial charge >= 0.3 is 0 Å². The zero-order valence-corrected chi connectivity index (χ0v) is 16.2. The molecule has 3 aromatic rings. The molecule has 0 spiro atoms. The van der Waals surface area contributed by atoms with E-state index in [9.17, 15) is 0 Å². The summed E-state index contributed by atoms with van der Waals surface area (Å²) in [6.07, 6.45) is 3.92. The molecule has 0 bridgehead atoms. The maximum absolute atomic E-state index is 6.17. The number of nitrogens with zero attached hydrogens (tertiary/aromatic N) is 3. The molecule has 0 aliphatic heterocycles. The van der Waals surface area contributed by atoms with Crippen molar-refractivity contribution in [1.82, 2.24) is 20.0 Å². The Balaban J connectivity index is 1.96. The lowest BCUT2D eigenvalue weighted by molar-refractivity contribution is 0.0904. The number of hydrogen-bond donors (Lipinski definition) is 2. The van der Waals surface area contributed by atoms with Crippen LogP contribution in [0.3, 0.4) is 0 Å². The summed E-state index contributed by atoms with van der Waals surface area (Å²) in [5, 5.41) is 2.02. The molecule has 1 aromatic carbocycles. The topological polar surface area (TPSA) is 78.0 Å². The highest BCUT2D eigenvalue weighted by molar-refractivity contribution is 9.09. The van der Waals surface area contributed by atoms with Crippen molar-refractivity contribution in [2.45, 2.75) is 32.2 Å². The molecule has 1 unspecified atom stereocenters. The number of benzene rings is 1. The number of halogens is 1. The predicted octanol–water partition coefficient (Wildman–Crippen LogP) is 3.60. The number of aromatic nitrogens is 3. The fourth-order valence-corrected chi connectivity index (χ4v) is 3.40. The average Bonchev–Trinajstić information content (AvgIpc) is 3.05. The quantitative estimate of drug-likeness (QED) is 0.340. The molecule has 7 heteroatoms. The lowest BCUT2D eigenvalue weighted by Crippen LogP contribution is -2.13. The van der Waals surface area contributed by atoms with Gasteiger partial charge in [0.2, 0.25) is 0 Å². The first-order valence-electron chi connectivity index (χ1n) is 8.51. The molecular weight excluding hydrogens is 382 g/mol. The highest BCUT2D eigenvalue weighted by Gasteiger charge is 2.14. The summed E-state index contributed by atoms with van der Waals surface area (Å²) in [5.74, 6) is 0.923. The first-order chi connectivity index (χ1) is 12.2. The Kier molecular flexibility index (Phi) is 5.88. The van der Waals surface area contributed by atoms with Gasteiger partial charge in [0, 0.05) is 23.8 Å². The Morgan fingerprint density at radius 3 is 2.96 bits per heavy atom. The van der Waals surface area contributed by atoms with Gasteiger partial charge < -0.3 is 15.1 Å². The smallest absolute Gasteiger partial charge is 0.152 e. The van der Waals surface area contributed by atoms with Crippen molar-refractivity contribution < 1.29 is 4.84 Å². The second-order valence-corrected chi connectivity index (χ2v) is 6.92. The number of unbranched alkanes of at least 4 members (excludes halogenated alkanes) is 1. The van der Waals surface area contributed by atoms with Gasteiger partial charge in [-0.15, -0.1) is 0 Å². The van der Waals surface area contributed by atoms with Gasteiger partial charge in [-0.2, -0.15) is 0 Å². The molecule has 0 aliphatic carbocycles. The molecule has 0 fully saturated rings. The monoisotopic (exact) mass is 405 g/mol. The number of hydroxylamine groups is 1. The van der Waals surface area contributed by atoms with E-state index in [1.807, 2.05) is 6.33 Å². The lowest BCUT2D eigenvalue weighted by atomic mass is 10.0. The van der Waals surface area contributed by atoms with Crippen LogP contribution in [0.5, 0.6) is 0 Å². The standard InChI is InChI=1S/C18H24BrN5O/c1-12(10-19)13-5-6-14-15(9-13)23-18(20)16-17(14)24(11-21-16)8-4-3-7-22-25-2/h5-6,9,11-12,22H,3-4,7-8,10H2,1-2H3,(H2,20,23). The predicted molar refractivity (Wildman–Crippen MR) is 106 cm³/mol. The molecule has 2 heterocycles. The molecule has 0 amide bonds. The molecule has 6 nitrogen and oxygen atoms in total. The molecule has 1 atom stereocenters. The highest BCUT2D eigenvalue weighted by Crippen LogP contribution is 2.30. The maximum atomic E-state index is 6.17. The van der Waals surface area contributed by atoms with Crippen molar-refractivity contribution in [3.8, 4) is 0 Å². The minimum Gasteiger partial charge on any atom is -0.382 e. The van der Waals surface area contributed by atoms with Crippen LogP contribution in [0.4, 0.5) is 5.82 Å². The molecule has 2 aromatic heterocycles. The Morgan fingerprint density at radius 2 is 2.20 bits per heavy atom. The van der Waals surface area contributed by atoms with Crippen molar-refractivity contribution >= 4 is 43.7 Å². The Labute approximate surface area is 155 Å². The minimum absolute atomic E-state index is 0.432. The van der Waals surface area contributed by atoms with E-state index in [1.165, 1.54) is 5.56 Å². The van der Waals surface area contributed by atoms with E-state index in [0.29, 0.717) is 11.7 Å². The first kappa shape index (κ1) is 18.1. The summed E-state index contributed by atoms with van der Waals surface area (Å²) in [4.78, 5) is 13.9. The summed E-state index contributed by atoms with van der Waals surface area (Å²) >= 11 is 3.55. The number of aryl methyl sites for hydroxylation is 1. The number of hydrogen-bond acceptors (Lipinski definition) is 5. The van der Waals surface area contributed by atoms with Crippen LogP contribution in [0.15, 0.2) is 24.5 Å². The summed E-state index contributed by atoms with van der Waals surface area (Å²) in [5.41, 5.74) is 13.1. The van der Waals surface area contributed by atoms with Crippen LogP contribution >= 0.6 is 15.9 Å². The molecule has 0 radical (unpaired) electrons.